The predicted molar refractivity (Wildman–Crippen MR) is 65.9 cm³/mol. The molecule has 1 heterocycles. The molecular formula is C14H19NO. The highest BCUT2D eigenvalue weighted by molar-refractivity contribution is 5.58. The summed E-state index contributed by atoms with van der Waals surface area (Å²) in [6.45, 7) is 1.14. The van der Waals surface area contributed by atoms with Crippen LogP contribution in [0.3, 0.4) is 0 Å². The highest BCUT2D eigenvalue weighted by atomic mass is 16.3. The minimum atomic E-state index is -0.310. The molecule has 0 atom stereocenters. The molecule has 0 bridgehead atoms. The topological polar surface area (TPSA) is 23.5 Å². The van der Waals surface area contributed by atoms with Gasteiger partial charge in [-0.1, -0.05) is 12.1 Å². The number of likely N-dealkylation sites (N-methyl/N-ethyl adjacent to an activating group) is 1. The van der Waals surface area contributed by atoms with Crippen molar-refractivity contribution in [1.29, 1.82) is 0 Å². The number of rotatable bonds is 3. The molecule has 1 saturated carbocycles. The van der Waals surface area contributed by atoms with E-state index in [1.165, 1.54) is 23.2 Å². The molecular weight excluding hydrogens is 198 g/mol. The van der Waals surface area contributed by atoms with Crippen molar-refractivity contribution < 1.29 is 5.11 Å². The monoisotopic (exact) mass is 217 g/mol. The van der Waals surface area contributed by atoms with E-state index in [4.69, 9.17) is 0 Å². The molecule has 2 aliphatic rings. The largest absolute Gasteiger partial charge is 0.390 e. The summed E-state index contributed by atoms with van der Waals surface area (Å²) in [6.07, 6.45) is 5.13. The van der Waals surface area contributed by atoms with Gasteiger partial charge in [-0.2, -0.15) is 0 Å². The van der Waals surface area contributed by atoms with Crippen molar-refractivity contribution in [1.82, 2.24) is 0 Å². The molecule has 0 unspecified atom stereocenters. The summed E-state index contributed by atoms with van der Waals surface area (Å²) < 4.78 is 0. The summed E-state index contributed by atoms with van der Waals surface area (Å²) >= 11 is 0. The molecule has 0 aromatic heterocycles. The third-order valence-corrected chi connectivity index (χ3v) is 3.98. The first-order chi connectivity index (χ1) is 7.66. The van der Waals surface area contributed by atoms with Gasteiger partial charge in [-0.05, 0) is 49.3 Å². The lowest BCUT2D eigenvalue weighted by Gasteiger charge is -2.12. The second kappa shape index (κ2) is 3.49. The van der Waals surface area contributed by atoms with E-state index in [-0.39, 0.29) is 5.60 Å². The van der Waals surface area contributed by atoms with Crippen LogP contribution in [0.15, 0.2) is 18.2 Å². The zero-order valence-electron chi connectivity index (χ0n) is 9.87. The fourth-order valence-corrected chi connectivity index (χ4v) is 2.55. The number of benzene rings is 1. The molecule has 2 heteroatoms. The molecule has 1 N–H and O–H groups in total. The van der Waals surface area contributed by atoms with Gasteiger partial charge in [0.05, 0.1) is 5.60 Å². The summed E-state index contributed by atoms with van der Waals surface area (Å²) in [5.41, 5.74) is 3.93. The summed E-state index contributed by atoms with van der Waals surface area (Å²) in [5.74, 6) is 0. The van der Waals surface area contributed by atoms with E-state index in [1.807, 2.05) is 0 Å². The molecule has 0 saturated heterocycles. The summed E-state index contributed by atoms with van der Waals surface area (Å²) in [6, 6.07) is 6.77. The van der Waals surface area contributed by atoms with Gasteiger partial charge in [0.25, 0.3) is 0 Å². The molecule has 1 fully saturated rings. The van der Waals surface area contributed by atoms with Crippen molar-refractivity contribution in [2.45, 2.75) is 37.7 Å². The average molecular weight is 217 g/mol. The van der Waals surface area contributed by atoms with Gasteiger partial charge in [-0.25, -0.2) is 0 Å². The molecule has 0 amide bonds. The third kappa shape index (κ3) is 1.82. The van der Waals surface area contributed by atoms with Crippen LogP contribution < -0.4 is 4.90 Å². The number of fused-ring (bicyclic) bond motifs is 1. The highest BCUT2D eigenvalue weighted by Crippen LogP contribution is 2.39. The number of hydrogen-bond donors (Lipinski definition) is 1. The summed E-state index contributed by atoms with van der Waals surface area (Å²) in [5, 5.41) is 9.82. The van der Waals surface area contributed by atoms with E-state index < -0.39 is 0 Å². The normalized spacial score (nSPS) is 21.0. The summed E-state index contributed by atoms with van der Waals surface area (Å²) in [7, 11) is 2.15. The minimum absolute atomic E-state index is 0.310. The second-order valence-electron chi connectivity index (χ2n) is 5.36. The van der Waals surface area contributed by atoms with Gasteiger partial charge in [0, 0.05) is 19.3 Å². The maximum Gasteiger partial charge on any atom is 0.0653 e. The van der Waals surface area contributed by atoms with Crippen LogP contribution in [0.25, 0.3) is 0 Å². The van der Waals surface area contributed by atoms with E-state index in [1.54, 1.807) is 0 Å². The lowest BCUT2D eigenvalue weighted by molar-refractivity contribution is 0.140. The number of nitrogens with zero attached hydrogens (tertiary/aromatic N) is 1. The maximum atomic E-state index is 9.82. The number of aryl methyl sites for hydroxylation is 1. The molecule has 0 spiro atoms. The van der Waals surface area contributed by atoms with E-state index in [0.29, 0.717) is 0 Å². The molecule has 86 valence electrons. The maximum absolute atomic E-state index is 9.82. The number of hydrogen-bond acceptors (Lipinski definition) is 2. The molecule has 16 heavy (non-hydrogen) atoms. The van der Waals surface area contributed by atoms with Crippen molar-refractivity contribution in [3.63, 3.8) is 0 Å². The van der Waals surface area contributed by atoms with Crippen LogP contribution in [0, 0.1) is 0 Å². The van der Waals surface area contributed by atoms with Crippen LogP contribution in [0.1, 0.15) is 30.4 Å². The number of anilines is 1. The van der Waals surface area contributed by atoms with Gasteiger partial charge in [0.2, 0.25) is 0 Å². The standard InChI is InChI=1S/C14H19NO/c1-15-9-5-12-10-11(2-3-13(12)15)4-6-14(16)7-8-14/h2-3,10,16H,4-9H2,1H3. The fraction of sp³-hybridized carbons (Fsp3) is 0.571. The Balaban J connectivity index is 1.72. The van der Waals surface area contributed by atoms with Gasteiger partial charge in [-0.3, -0.25) is 0 Å². The van der Waals surface area contributed by atoms with Crippen molar-refractivity contribution in [2.75, 3.05) is 18.5 Å². The zero-order valence-corrected chi connectivity index (χ0v) is 9.87. The molecule has 2 nitrogen and oxygen atoms in total. The smallest absolute Gasteiger partial charge is 0.0653 e. The van der Waals surface area contributed by atoms with Crippen LogP contribution in [-0.2, 0) is 12.8 Å². The molecule has 0 radical (unpaired) electrons. The number of aliphatic hydroxyl groups is 1. The van der Waals surface area contributed by atoms with Gasteiger partial charge >= 0.3 is 0 Å². The molecule has 1 aliphatic heterocycles. The van der Waals surface area contributed by atoms with Gasteiger partial charge in [0.1, 0.15) is 0 Å². The fourth-order valence-electron chi connectivity index (χ4n) is 2.55. The first kappa shape index (κ1) is 10.2. The Morgan fingerprint density at radius 3 is 2.94 bits per heavy atom. The Morgan fingerprint density at radius 1 is 1.38 bits per heavy atom. The zero-order chi connectivity index (χ0) is 11.2. The van der Waals surface area contributed by atoms with Crippen molar-refractivity contribution in [3.8, 4) is 0 Å². The lowest BCUT2D eigenvalue weighted by atomic mass is 10.0. The van der Waals surface area contributed by atoms with Crippen LogP contribution in [0.2, 0.25) is 0 Å². The SMILES string of the molecule is CN1CCc2cc(CCC3(O)CC3)ccc21. The quantitative estimate of drug-likeness (QED) is 0.838. The van der Waals surface area contributed by atoms with Gasteiger partial charge in [0.15, 0.2) is 0 Å². The van der Waals surface area contributed by atoms with Crippen LogP contribution in [0.4, 0.5) is 5.69 Å². The Labute approximate surface area is 96.9 Å². The Kier molecular flexibility index (Phi) is 2.21. The third-order valence-electron chi connectivity index (χ3n) is 3.98. The van der Waals surface area contributed by atoms with Gasteiger partial charge in [-0.15, -0.1) is 0 Å². The van der Waals surface area contributed by atoms with Crippen molar-refractivity contribution in [2.24, 2.45) is 0 Å². The van der Waals surface area contributed by atoms with E-state index in [2.05, 4.69) is 30.1 Å². The highest BCUT2D eigenvalue weighted by Gasteiger charge is 2.39. The molecule has 3 rings (SSSR count). The average Bonchev–Trinajstić information content (AvgIpc) is 2.91. The van der Waals surface area contributed by atoms with E-state index in [9.17, 15) is 5.11 Å². The first-order valence-corrected chi connectivity index (χ1v) is 6.22. The molecule has 1 aromatic rings. The molecule has 1 aliphatic carbocycles. The van der Waals surface area contributed by atoms with E-state index in [0.717, 1.165) is 32.2 Å². The minimum Gasteiger partial charge on any atom is -0.390 e. The predicted octanol–water partition coefficient (Wildman–Crippen LogP) is 2.14. The van der Waals surface area contributed by atoms with Crippen LogP contribution in [0.5, 0.6) is 0 Å². The Morgan fingerprint density at radius 2 is 2.19 bits per heavy atom. The first-order valence-electron chi connectivity index (χ1n) is 6.22. The lowest BCUT2D eigenvalue weighted by Crippen LogP contribution is -2.12. The Bertz CT molecular complexity index is 409. The molecule has 1 aromatic carbocycles. The summed E-state index contributed by atoms with van der Waals surface area (Å²) in [4.78, 5) is 2.31. The van der Waals surface area contributed by atoms with E-state index >= 15 is 0 Å². The van der Waals surface area contributed by atoms with Crippen LogP contribution in [-0.4, -0.2) is 24.3 Å². The van der Waals surface area contributed by atoms with Crippen molar-refractivity contribution in [3.05, 3.63) is 29.3 Å². The van der Waals surface area contributed by atoms with Crippen molar-refractivity contribution >= 4 is 5.69 Å². The van der Waals surface area contributed by atoms with Gasteiger partial charge < -0.3 is 10.0 Å². The van der Waals surface area contributed by atoms with Crippen LogP contribution >= 0.6 is 0 Å². The second-order valence-corrected chi connectivity index (χ2v) is 5.36. The Hall–Kier alpha value is -1.02.